The predicted molar refractivity (Wildman–Crippen MR) is 189 cm³/mol. The van der Waals surface area contributed by atoms with Gasteiger partial charge in [0.1, 0.15) is 5.82 Å². The molecule has 2 heterocycles. The van der Waals surface area contributed by atoms with Crippen LogP contribution in [-0.4, -0.2) is 58.2 Å². The summed E-state index contributed by atoms with van der Waals surface area (Å²) in [5, 5.41) is 36.6. The first-order chi connectivity index (χ1) is 23.2. The number of methoxy groups -OCH3 is 1. The Kier molecular flexibility index (Phi) is 13.5. The van der Waals surface area contributed by atoms with Crippen LogP contribution >= 0.6 is 0 Å². The molecule has 1 aliphatic heterocycles. The molecule has 262 valence electrons. The summed E-state index contributed by atoms with van der Waals surface area (Å²) in [5.41, 5.74) is 9.40. The standard InChI is InChI=1S/C39H55N3O6/c1-4-6-8-11-26(12-9-7-5-2)22-33(45)37(47)32(44)15-14-27-21-31(36(46)34(23-27)48-3)35-29-17-20-42-38(40)30(29)16-18-39(35,25-43)24-28-13-10-19-41-28/h10,13,16-19,21,23,26,35,37,41-43,46-47H,4-9,11-12,14-15,20,22,24-25,40H2,1-3H3. The normalized spacial score (nSPS) is 19.5. The lowest BCUT2D eigenvalue weighted by atomic mass is 9.61. The highest BCUT2D eigenvalue weighted by Gasteiger charge is 2.45. The molecule has 3 atom stereocenters. The van der Waals surface area contributed by atoms with Crippen molar-refractivity contribution in [2.75, 3.05) is 20.3 Å². The molecule has 0 bridgehead atoms. The van der Waals surface area contributed by atoms with Gasteiger partial charge >= 0.3 is 0 Å². The average Bonchev–Trinajstić information content (AvgIpc) is 3.60. The van der Waals surface area contributed by atoms with Gasteiger partial charge in [-0.3, -0.25) is 9.59 Å². The van der Waals surface area contributed by atoms with E-state index in [1.54, 1.807) is 6.07 Å². The van der Waals surface area contributed by atoms with Crippen LogP contribution in [0.15, 0.2) is 65.7 Å². The molecule has 4 rings (SSSR count). The van der Waals surface area contributed by atoms with Gasteiger partial charge in [0.05, 0.1) is 13.7 Å². The predicted octanol–water partition coefficient (Wildman–Crippen LogP) is 5.90. The highest BCUT2D eigenvalue weighted by Crippen LogP contribution is 2.54. The largest absolute Gasteiger partial charge is 0.504 e. The Morgan fingerprint density at radius 3 is 2.46 bits per heavy atom. The summed E-state index contributed by atoms with van der Waals surface area (Å²) >= 11 is 0. The van der Waals surface area contributed by atoms with Gasteiger partial charge in [-0.15, -0.1) is 0 Å². The van der Waals surface area contributed by atoms with Crippen molar-refractivity contribution in [1.82, 2.24) is 10.3 Å². The van der Waals surface area contributed by atoms with Gasteiger partial charge in [0.25, 0.3) is 0 Å². The highest BCUT2D eigenvalue weighted by atomic mass is 16.5. The maximum absolute atomic E-state index is 13.2. The number of phenolic OH excluding ortho intramolecular Hbond substituents is 1. The number of nitrogens with one attached hydrogen (secondary N) is 2. The number of aromatic nitrogens is 1. The Balaban J connectivity index is 1.58. The lowest BCUT2D eigenvalue weighted by molar-refractivity contribution is -0.139. The molecule has 1 aliphatic carbocycles. The molecule has 3 unspecified atom stereocenters. The molecule has 1 aromatic carbocycles. The van der Waals surface area contributed by atoms with Crippen molar-refractivity contribution in [2.45, 2.75) is 103 Å². The Bertz CT molecular complexity index is 1470. The van der Waals surface area contributed by atoms with Crippen LogP contribution in [0.4, 0.5) is 0 Å². The fourth-order valence-electron chi connectivity index (χ4n) is 7.32. The third-order valence-electron chi connectivity index (χ3n) is 10.0. The number of carbonyl (C=O) groups is 2. The SMILES string of the molecule is CCCCCC(CCCCC)CC(=O)C(O)C(=O)CCc1cc(OC)c(O)c(C2C3=CCNC(N)=C3C=CC2(CO)Cc2ccc[nH]2)c1. The summed E-state index contributed by atoms with van der Waals surface area (Å²) in [5.74, 6) is -0.523. The molecule has 0 spiro atoms. The second-order valence-corrected chi connectivity index (χ2v) is 13.5. The lowest BCUT2D eigenvalue weighted by Crippen LogP contribution is -2.40. The number of dihydropyridines is 1. The molecular formula is C39H55N3O6. The van der Waals surface area contributed by atoms with Crippen LogP contribution in [-0.2, 0) is 22.4 Å². The zero-order valence-electron chi connectivity index (χ0n) is 28.9. The average molecular weight is 662 g/mol. The molecule has 2 aliphatic rings. The van der Waals surface area contributed by atoms with Crippen LogP contribution in [0, 0.1) is 11.3 Å². The number of fused-ring (bicyclic) bond motifs is 1. The van der Waals surface area contributed by atoms with E-state index in [-0.39, 0.29) is 43.3 Å². The summed E-state index contributed by atoms with van der Waals surface area (Å²) < 4.78 is 5.61. The van der Waals surface area contributed by atoms with Gasteiger partial charge in [-0.05, 0) is 48.1 Å². The van der Waals surface area contributed by atoms with E-state index in [0.29, 0.717) is 29.9 Å². The molecule has 0 fully saturated rings. The molecule has 0 amide bonds. The second-order valence-electron chi connectivity index (χ2n) is 13.5. The topological polar surface area (TPSA) is 158 Å². The number of rotatable bonds is 20. The van der Waals surface area contributed by atoms with Crippen LogP contribution in [0.3, 0.4) is 0 Å². The van der Waals surface area contributed by atoms with Crippen LogP contribution < -0.4 is 15.8 Å². The first kappa shape index (κ1) is 37.0. The van der Waals surface area contributed by atoms with Crippen LogP contribution in [0.1, 0.15) is 101 Å². The van der Waals surface area contributed by atoms with Gasteiger partial charge in [-0.25, -0.2) is 0 Å². The monoisotopic (exact) mass is 661 g/mol. The number of allylic oxidation sites excluding steroid dienone is 3. The van der Waals surface area contributed by atoms with E-state index < -0.39 is 29.0 Å². The number of aryl methyl sites for hydroxylation is 1. The number of aliphatic hydroxyl groups excluding tert-OH is 2. The number of aromatic amines is 1. The number of phenols is 1. The molecule has 7 N–H and O–H groups in total. The van der Waals surface area contributed by atoms with Crippen LogP contribution in [0.5, 0.6) is 11.5 Å². The molecule has 2 aromatic rings. The maximum atomic E-state index is 13.2. The molecule has 0 saturated carbocycles. The van der Waals surface area contributed by atoms with E-state index in [1.807, 2.05) is 42.6 Å². The van der Waals surface area contributed by atoms with Crippen molar-refractivity contribution in [3.8, 4) is 11.5 Å². The molecule has 48 heavy (non-hydrogen) atoms. The van der Waals surface area contributed by atoms with E-state index in [0.717, 1.165) is 68.2 Å². The number of unbranched alkanes of at least 4 members (excludes halogenated alkanes) is 4. The first-order valence-electron chi connectivity index (χ1n) is 17.7. The lowest BCUT2D eigenvalue weighted by Gasteiger charge is -2.43. The number of aliphatic hydroxyl groups is 2. The Hall–Kier alpha value is -3.82. The maximum Gasteiger partial charge on any atom is 0.170 e. The number of carbonyl (C=O) groups excluding carboxylic acids is 2. The smallest absolute Gasteiger partial charge is 0.170 e. The van der Waals surface area contributed by atoms with E-state index in [1.165, 1.54) is 7.11 Å². The van der Waals surface area contributed by atoms with Crippen molar-refractivity contribution in [2.24, 2.45) is 17.1 Å². The van der Waals surface area contributed by atoms with Gasteiger partial charge in [0.15, 0.2) is 29.2 Å². The molecule has 1 aromatic heterocycles. The Morgan fingerprint density at radius 2 is 1.83 bits per heavy atom. The Morgan fingerprint density at radius 1 is 1.10 bits per heavy atom. The number of ketones is 2. The number of nitrogens with two attached hydrogens (primary N) is 1. The van der Waals surface area contributed by atoms with Gasteiger partial charge in [-0.1, -0.05) is 89.5 Å². The third kappa shape index (κ3) is 8.80. The van der Waals surface area contributed by atoms with Gasteiger partial charge in [-0.2, -0.15) is 0 Å². The summed E-state index contributed by atoms with van der Waals surface area (Å²) in [7, 11) is 1.47. The van der Waals surface area contributed by atoms with Crippen LogP contribution in [0.25, 0.3) is 0 Å². The molecule has 0 radical (unpaired) electrons. The summed E-state index contributed by atoms with van der Waals surface area (Å²) in [4.78, 5) is 29.5. The Labute approximate surface area is 285 Å². The zero-order valence-corrected chi connectivity index (χ0v) is 28.9. The number of hydrogen-bond donors (Lipinski definition) is 6. The van der Waals surface area contributed by atoms with Gasteiger partial charge in [0, 0.05) is 53.7 Å². The van der Waals surface area contributed by atoms with Crippen molar-refractivity contribution in [3.05, 3.63) is 82.5 Å². The quantitative estimate of drug-likeness (QED) is 0.0756. The van der Waals surface area contributed by atoms with Crippen molar-refractivity contribution >= 4 is 11.6 Å². The first-order valence-corrected chi connectivity index (χ1v) is 17.7. The van der Waals surface area contributed by atoms with E-state index >= 15 is 0 Å². The highest BCUT2D eigenvalue weighted by molar-refractivity contribution is 6.05. The number of Topliss-reactive ketones (excluding diaryl/α,β-unsaturated/α-hetero) is 2. The van der Waals surface area contributed by atoms with Crippen molar-refractivity contribution < 1.29 is 29.6 Å². The van der Waals surface area contributed by atoms with E-state index in [2.05, 4.69) is 24.1 Å². The van der Waals surface area contributed by atoms with E-state index in [4.69, 9.17) is 10.5 Å². The zero-order chi connectivity index (χ0) is 34.7. The third-order valence-corrected chi connectivity index (χ3v) is 10.0. The summed E-state index contributed by atoms with van der Waals surface area (Å²) in [6.07, 6.45) is 15.4. The molecule has 9 nitrogen and oxygen atoms in total. The minimum Gasteiger partial charge on any atom is -0.504 e. The summed E-state index contributed by atoms with van der Waals surface area (Å²) in [6.45, 7) is 4.59. The summed E-state index contributed by atoms with van der Waals surface area (Å²) in [6, 6.07) is 7.40. The minimum absolute atomic E-state index is 0.0421. The number of hydrogen-bond acceptors (Lipinski definition) is 8. The van der Waals surface area contributed by atoms with Gasteiger partial charge < -0.3 is 36.1 Å². The number of H-pyrrole nitrogens is 1. The van der Waals surface area contributed by atoms with Crippen molar-refractivity contribution in [1.29, 1.82) is 0 Å². The number of aromatic hydroxyl groups is 1. The number of benzene rings is 1. The second kappa shape index (κ2) is 17.5. The molecule has 9 heteroatoms. The van der Waals surface area contributed by atoms with Crippen molar-refractivity contribution in [3.63, 3.8) is 0 Å². The van der Waals surface area contributed by atoms with E-state index in [9.17, 15) is 24.9 Å². The number of ether oxygens (including phenoxy) is 1. The van der Waals surface area contributed by atoms with Crippen LogP contribution in [0.2, 0.25) is 0 Å². The molecular weight excluding hydrogens is 606 g/mol. The fraction of sp³-hybridized carbons (Fsp3) is 0.538. The van der Waals surface area contributed by atoms with Gasteiger partial charge in [0.2, 0.25) is 0 Å². The molecule has 0 saturated heterocycles. The fourth-order valence-corrected chi connectivity index (χ4v) is 7.32. The minimum atomic E-state index is -1.65.